The van der Waals surface area contributed by atoms with Crippen LogP contribution in [0.2, 0.25) is 0 Å². The van der Waals surface area contributed by atoms with Crippen molar-refractivity contribution in [3.8, 4) is 10.6 Å². The molecule has 1 saturated heterocycles. The maximum atomic E-state index is 4.80. The fraction of sp³-hybridized carbons (Fsp3) is 0.433. The van der Waals surface area contributed by atoms with Gasteiger partial charge in [-0.25, -0.2) is 19.9 Å². The molecule has 1 aliphatic heterocycles. The SMILES string of the molecule is Cc1cc(-c2cnc(Nc3cnc(CN4CCN(Cc5ccccc5)CC4)cn3)s2)nc(NC2CCCCC2)n1. The molecule has 10 heteroatoms. The van der Waals surface area contributed by atoms with Gasteiger partial charge >= 0.3 is 0 Å². The lowest BCUT2D eigenvalue weighted by molar-refractivity contribution is 0.121. The Morgan fingerprint density at radius 2 is 1.62 bits per heavy atom. The summed E-state index contributed by atoms with van der Waals surface area (Å²) in [4.78, 5) is 29.2. The number of nitrogens with zero attached hydrogens (tertiary/aromatic N) is 7. The predicted molar refractivity (Wildman–Crippen MR) is 161 cm³/mol. The van der Waals surface area contributed by atoms with E-state index in [1.165, 1.54) is 37.7 Å². The highest BCUT2D eigenvalue weighted by Crippen LogP contribution is 2.30. The Kier molecular flexibility index (Phi) is 8.56. The summed E-state index contributed by atoms with van der Waals surface area (Å²) in [6.07, 6.45) is 11.8. The third-order valence-corrected chi connectivity index (χ3v) is 8.53. The van der Waals surface area contributed by atoms with Crippen LogP contribution in [0.4, 0.5) is 16.9 Å². The largest absolute Gasteiger partial charge is 0.351 e. The summed E-state index contributed by atoms with van der Waals surface area (Å²) in [6.45, 7) is 8.06. The van der Waals surface area contributed by atoms with E-state index in [-0.39, 0.29) is 0 Å². The van der Waals surface area contributed by atoms with Crippen molar-refractivity contribution in [3.63, 3.8) is 0 Å². The number of aromatic nitrogens is 5. The molecule has 4 heterocycles. The van der Waals surface area contributed by atoms with Crippen molar-refractivity contribution in [2.24, 2.45) is 0 Å². The number of hydrogen-bond acceptors (Lipinski definition) is 10. The molecule has 0 unspecified atom stereocenters. The molecule has 1 aromatic carbocycles. The van der Waals surface area contributed by atoms with Crippen LogP contribution in [0.25, 0.3) is 10.6 Å². The zero-order valence-electron chi connectivity index (χ0n) is 23.1. The monoisotopic (exact) mass is 555 g/mol. The molecule has 2 fully saturated rings. The summed E-state index contributed by atoms with van der Waals surface area (Å²) >= 11 is 1.56. The number of anilines is 3. The third-order valence-electron chi connectivity index (χ3n) is 7.59. The maximum absolute atomic E-state index is 4.80. The zero-order valence-corrected chi connectivity index (χ0v) is 23.9. The zero-order chi connectivity index (χ0) is 27.1. The number of benzene rings is 1. The molecule has 6 rings (SSSR count). The summed E-state index contributed by atoms with van der Waals surface area (Å²) in [5, 5.41) is 7.62. The summed E-state index contributed by atoms with van der Waals surface area (Å²) in [7, 11) is 0. The highest BCUT2D eigenvalue weighted by Gasteiger charge is 2.18. The van der Waals surface area contributed by atoms with E-state index in [1.54, 1.807) is 17.5 Å². The number of piperazine rings is 1. The van der Waals surface area contributed by atoms with Gasteiger partial charge in [-0.1, -0.05) is 60.9 Å². The molecule has 0 atom stereocenters. The lowest BCUT2D eigenvalue weighted by Crippen LogP contribution is -2.45. The summed E-state index contributed by atoms with van der Waals surface area (Å²) < 4.78 is 0. The molecule has 1 aliphatic carbocycles. The van der Waals surface area contributed by atoms with E-state index in [9.17, 15) is 0 Å². The molecule has 0 bridgehead atoms. The van der Waals surface area contributed by atoms with E-state index in [0.29, 0.717) is 17.8 Å². The topological polar surface area (TPSA) is 95.0 Å². The number of rotatable bonds is 9. The Labute approximate surface area is 240 Å². The van der Waals surface area contributed by atoms with Crippen LogP contribution in [0.5, 0.6) is 0 Å². The highest BCUT2D eigenvalue weighted by atomic mass is 32.1. The molecular weight excluding hydrogens is 518 g/mol. The molecule has 3 aromatic heterocycles. The van der Waals surface area contributed by atoms with Crippen LogP contribution in [0.1, 0.15) is 49.1 Å². The van der Waals surface area contributed by atoms with E-state index < -0.39 is 0 Å². The third kappa shape index (κ3) is 7.18. The first-order valence-electron chi connectivity index (χ1n) is 14.3. The van der Waals surface area contributed by atoms with Crippen molar-refractivity contribution < 1.29 is 0 Å². The van der Waals surface area contributed by atoms with Crippen LogP contribution < -0.4 is 10.6 Å². The second-order valence-corrected chi connectivity index (χ2v) is 11.8. The van der Waals surface area contributed by atoms with Crippen LogP contribution >= 0.6 is 11.3 Å². The number of hydrogen-bond donors (Lipinski definition) is 2. The lowest BCUT2D eigenvalue weighted by atomic mass is 9.96. The Bertz CT molecular complexity index is 1360. The minimum Gasteiger partial charge on any atom is -0.351 e. The maximum Gasteiger partial charge on any atom is 0.223 e. The van der Waals surface area contributed by atoms with Crippen LogP contribution in [0.3, 0.4) is 0 Å². The molecular formula is C30H37N9S. The standard InChI is InChI=1S/C30H37N9S/c1-22-16-26(36-29(34-22)35-24-10-6-3-7-11-24)27-18-33-30(40-27)37-28-19-31-25(17-32-28)21-39-14-12-38(13-15-39)20-23-8-4-2-5-9-23/h2,4-5,8-9,16-19,24H,3,6-7,10-15,20-21H2,1H3,(H,32,33,37)(H,34,35,36). The van der Waals surface area contributed by atoms with Crippen LogP contribution in [0, 0.1) is 6.92 Å². The fourth-order valence-corrected chi connectivity index (χ4v) is 6.21. The minimum atomic E-state index is 0.466. The Morgan fingerprint density at radius 3 is 2.38 bits per heavy atom. The van der Waals surface area contributed by atoms with Gasteiger partial charge in [-0.3, -0.25) is 14.8 Å². The second kappa shape index (κ2) is 12.8. The molecule has 4 aromatic rings. The molecule has 9 nitrogen and oxygen atoms in total. The summed E-state index contributed by atoms with van der Waals surface area (Å²) in [5.41, 5.74) is 4.20. The van der Waals surface area contributed by atoms with Crippen molar-refractivity contribution in [3.05, 3.63) is 71.9 Å². The highest BCUT2D eigenvalue weighted by molar-refractivity contribution is 7.18. The van der Waals surface area contributed by atoms with Gasteiger partial charge < -0.3 is 10.6 Å². The van der Waals surface area contributed by atoms with Gasteiger partial charge in [0.05, 0.1) is 28.7 Å². The summed E-state index contributed by atoms with van der Waals surface area (Å²) in [5.74, 6) is 1.40. The van der Waals surface area contributed by atoms with Gasteiger partial charge in [0, 0.05) is 57.2 Å². The molecule has 40 heavy (non-hydrogen) atoms. The van der Waals surface area contributed by atoms with E-state index in [1.807, 2.05) is 25.4 Å². The van der Waals surface area contributed by atoms with E-state index in [4.69, 9.17) is 4.98 Å². The minimum absolute atomic E-state index is 0.466. The Morgan fingerprint density at radius 1 is 0.850 bits per heavy atom. The number of thiazole rings is 1. The molecule has 0 amide bonds. The van der Waals surface area contributed by atoms with Gasteiger partial charge in [-0.05, 0) is 31.4 Å². The smallest absolute Gasteiger partial charge is 0.223 e. The molecule has 1 saturated carbocycles. The van der Waals surface area contributed by atoms with Gasteiger partial charge in [-0.2, -0.15) is 0 Å². The first-order chi connectivity index (χ1) is 19.7. The Hall–Kier alpha value is -3.47. The number of nitrogens with one attached hydrogen (secondary N) is 2. The van der Waals surface area contributed by atoms with E-state index >= 15 is 0 Å². The molecule has 208 valence electrons. The average Bonchev–Trinajstić information content (AvgIpc) is 3.45. The quantitative estimate of drug-likeness (QED) is 0.277. The molecule has 2 aliphatic rings. The second-order valence-electron chi connectivity index (χ2n) is 10.8. The first-order valence-corrected chi connectivity index (χ1v) is 15.1. The van der Waals surface area contributed by atoms with Crippen molar-refractivity contribution >= 4 is 28.2 Å². The molecule has 0 radical (unpaired) electrons. The van der Waals surface area contributed by atoms with Gasteiger partial charge in [0.25, 0.3) is 0 Å². The van der Waals surface area contributed by atoms with Crippen molar-refractivity contribution in [2.45, 2.75) is 58.2 Å². The lowest BCUT2D eigenvalue weighted by Gasteiger charge is -2.34. The van der Waals surface area contributed by atoms with Gasteiger partial charge in [0.15, 0.2) is 10.9 Å². The predicted octanol–water partition coefficient (Wildman–Crippen LogP) is 5.50. The van der Waals surface area contributed by atoms with Crippen molar-refractivity contribution in [1.82, 2.24) is 34.7 Å². The van der Waals surface area contributed by atoms with E-state index in [0.717, 1.165) is 66.4 Å². The first kappa shape index (κ1) is 26.7. The van der Waals surface area contributed by atoms with Gasteiger partial charge in [0.2, 0.25) is 5.95 Å². The number of aryl methyl sites for hydroxylation is 1. The fourth-order valence-electron chi connectivity index (χ4n) is 5.43. The van der Waals surface area contributed by atoms with Gasteiger partial charge in [-0.15, -0.1) is 0 Å². The van der Waals surface area contributed by atoms with Crippen molar-refractivity contribution in [2.75, 3.05) is 36.8 Å². The molecule has 0 spiro atoms. The van der Waals surface area contributed by atoms with Crippen LogP contribution in [-0.4, -0.2) is 66.9 Å². The summed E-state index contributed by atoms with van der Waals surface area (Å²) in [6, 6.07) is 13.2. The van der Waals surface area contributed by atoms with Crippen molar-refractivity contribution in [1.29, 1.82) is 0 Å². The normalized spacial score (nSPS) is 17.1. The Balaban J connectivity index is 1.01. The van der Waals surface area contributed by atoms with E-state index in [2.05, 4.69) is 70.7 Å². The average molecular weight is 556 g/mol. The molecule has 2 N–H and O–H groups in total. The van der Waals surface area contributed by atoms with Crippen LogP contribution in [0.15, 0.2) is 55.0 Å². The van der Waals surface area contributed by atoms with Crippen LogP contribution in [-0.2, 0) is 13.1 Å². The van der Waals surface area contributed by atoms with Gasteiger partial charge in [0.1, 0.15) is 0 Å².